The first-order valence-corrected chi connectivity index (χ1v) is 19.4. The predicted octanol–water partition coefficient (Wildman–Crippen LogP) is 6.70. The summed E-state index contributed by atoms with van der Waals surface area (Å²) in [7, 11) is 1.89. The molecule has 11 nitrogen and oxygen atoms in total. The Morgan fingerprint density at radius 2 is 1.91 bits per heavy atom. The number of ether oxygens (including phenoxy) is 1. The third kappa shape index (κ3) is 6.28. The number of pyridine rings is 1. The molecule has 4 aliphatic rings. The number of benzene rings is 2. The minimum absolute atomic E-state index is 0.0411. The van der Waals surface area contributed by atoms with E-state index in [9.17, 15) is 13.6 Å². The summed E-state index contributed by atoms with van der Waals surface area (Å²) in [6, 6.07) is 5.88. The number of halogens is 4. The molecule has 0 spiro atoms. The van der Waals surface area contributed by atoms with E-state index in [0.29, 0.717) is 90.3 Å². The maximum Gasteiger partial charge on any atom is 0.519 e. The van der Waals surface area contributed by atoms with Gasteiger partial charge in [0.05, 0.1) is 29.8 Å². The van der Waals surface area contributed by atoms with Gasteiger partial charge in [-0.2, -0.15) is 9.97 Å². The fraction of sp³-hybridized carbons (Fsp3) is 0.476. The van der Waals surface area contributed by atoms with Crippen LogP contribution in [0.4, 0.5) is 29.1 Å². The Balaban J connectivity index is 1.21. The number of aromatic nitrogens is 3. The van der Waals surface area contributed by atoms with Crippen LogP contribution in [0, 0.1) is 42.2 Å². The van der Waals surface area contributed by atoms with E-state index in [-0.39, 0.29) is 53.1 Å². The molecule has 57 heavy (non-hydrogen) atoms. The molecular formula is C42H43F4N7O4. The van der Waals surface area contributed by atoms with Crippen LogP contribution in [-0.4, -0.2) is 82.6 Å². The lowest BCUT2D eigenvalue weighted by atomic mass is 9.73. The summed E-state index contributed by atoms with van der Waals surface area (Å²) >= 11 is 0. The second kappa shape index (κ2) is 14.0. The number of aryl methyl sites for hydroxylation is 2. The molecule has 0 amide bonds. The number of alkyl halides is 2. The van der Waals surface area contributed by atoms with Crippen LogP contribution in [0.3, 0.4) is 0 Å². The van der Waals surface area contributed by atoms with Gasteiger partial charge in [0.2, 0.25) is 6.43 Å². The number of terminal acetylenes is 1. The van der Waals surface area contributed by atoms with Gasteiger partial charge in [-0.1, -0.05) is 18.9 Å². The molecule has 2 N–H and O–H groups in total. The molecular weight excluding hydrogens is 742 g/mol. The number of nitrogens with zero attached hydrogens (tertiary/aromatic N) is 6. The molecule has 5 aromatic rings. The van der Waals surface area contributed by atoms with Crippen molar-refractivity contribution in [2.24, 2.45) is 11.3 Å². The van der Waals surface area contributed by atoms with Crippen LogP contribution >= 0.6 is 0 Å². The molecule has 0 aliphatic carbocycles. The van der Waals surface area contributed by atoms with Gasteiger partial charge in [-0.15, -0.1) is 6.42 Å². The van der Waals surface area contributed by atoms with Crippen molar-refractivity contribution < 1.29 is 31.1 Å². The normalized spacial score (nSPS) is 25.1. The van der Waals surface area contributed by atoms with Crippen LogP contribution in [0.5, 0.6) is 6.01 Å². The summed E-state index contributed by atoms with van der Waals surface area (Å²) in [5.41, 5.74) is 6.29. The highest BCUT2D eigenvalue weighted by molar-refractivity contribution is 6.04. The molecule has 15 heteroatoms. The van der Waals surface area contributed by atoms with Gasteiger partial charge in [0.15, 0.2) is 11.6 Å². The van der Waals surface area contributed by atoms with Crippen LogP contribution in [-0.2, 0) is 13.0 Å². The zero-order valence-electron chi connectivity index (χ0n) is 32.0. The van der Waals surface area contributed by atoms with Gasteiger partial charge in [0.1, 0.15) is 28.6 Å². The molecule has 4 aliphatic heterocycles. The number of nitrogen functional groups attached to an aromatic ring is 1. The number of piperidine rings is 1. The van der Waals surface area contributed by atoms with Crippen molar-refractivity contribution >= 4 is 33.2 Å². The zero-order chi connectivity index (χ0) is 39.9. The lowest BCUT2D eigenvalue weighted by Crippen LogP contribution is -2.60. The second-order valence-corrected chi connectivity index (χ2v) is 16.4. The minimum Gasteiger partial charge on any atom is -0.463 e. The lowest BCUT2D eigenvalue weighted by molar-refractivity contribution is -0.0679. The summed E-state index contributed by atoms with van der Waals surface area (Å²) in [5.74, 6) is 0.741. The Hall–Kier alpha value is -5.20. The standard InChI is InChI=1S/C42H43F4N7O4/c1-5-25-28(43)11-9-22-15-23(47)16-26(33(22)25)36-35(44)37-34-29(48-36)7-6-8-30-31-12-10-24(52(31)18-32-21(2)56-41(54)57-32)17-53(30)39(34)50-40(49-37)55-20-42(3)19-51(4)14-13-27(42)38(45)46/h1,9,11,15-16,24,27,30-31,38H,6-8,10,12-14,17-20,47H2,2-4H3/t24-,27-,30-,31+,42+/m1/s1. The molecule has 0 unspecified atom stereocenters. The molecule has 9 rings (SSSR count). The number of anilines is 2. The zero-order valence-corrected chi connectivity index (χ0v) is 32.0. The van der Waals surface area contributed by atoms with Gasteiger partial charge < -0.3 is 29.1 Å². The van der Waals surface area contributed by atoms with Crippen molar-refractivity contribution in [1.82, 2.24) is 24.8 Å². The number of piperazine rings is 1. The van der Waals surface area contributed by atoms with Gasteiger partial charge in [-0.05, 0) is 82.6 Å². The molecule has 3 fully saturated rings. The van der Waals surface area contributed by atoms with E-state index in [1.807, 2.05) is 11.9 Å². The van der Waals surface area contributed by atoms with Crippen molar-refractivity contribution in [3.05, 3.63) is 69.3 Å². The lowest BCUT2D eigenvalue weighted by Gasteiger charge is -2.48. The topological polar surface area (TPSA) is 127 Å². The summed E-state index contributed by atoms with van der Waals surface area (Å²) < 4.78 is 78.5. The largest absolute Gasteiger partial charge is 0.519 e. The Kier molecular flexibility index (Phi) is 9.19. The molecule has 0 radical (unpaired) electrons. The Bertz CT molecular complexity index is 2520. The average molecular weight is 786 g/mol. The highest BCUT2D eigenvalue weighted by atomic mass is 19.3. The Morgan fingerprint density at radius 1 is 1.09 bits per heavy atom. The van der Waals surface area contributed by atoms with Crippen molar-refractivity contribution in [2.45, 2.75) is 83.5 Å². The van der Waals surface area contributed by atoms with Gasteiger partial charge in [0, 0.05) is 59.2 Å². The molecule has 7 heterocycles. The van der Waals surface area contributed by atoms with Crippen LogP contribution in [0.15, 0.2) is 37.9 Å². The number of fused-ring (bicyclic) bond motifs is 6. The molecule has 3 aromatic heterocycles. The maximum absolute atomic E-state index is 17.5. The number of rotatable bonds is 7. The van der Waals surface area contributed by atoms with E-state index in [1.165, 1.54) is 12.1 Å². The molecule has 5 atom stereocenters. The van der Waals surface area contributed by atoms with Crippen LogP contribution < -0.4 is 21.2 Å². The molecule has 298 valence electrons. The average Bonchev–Trinajstić information content (AvgIpc) is 3.64. The van der Waals surface area contributed by atoms with Crippen LogP contribution in [0.2, 0.25) is 0 Å². The molecule has 2 bridgehead atoms. The minimum atomic E-state index is -2.55. The SMILES string of the molecule is C#Cc1c(F)ccc2cc(N)cc(-c3nc4c5c(nc(OC[C@]6(C)CN(C)CC[C@@H]6C(F)F)nc5c3F)N3C[C@H]5CC[C@@H]([C@H]3CCC4)N5Cc3oc(=O)oc3C)c12. The summed E-state index contributed by atoms with van der Waals surface area (Å²) in [4.78, 5) is 33.1. The van der Waals surface area contributed by atoms with Crippen molar-refractivity contribution in [3.63, 3.8) is 0 Å². The smallest absolute Gasteiger partial charge is 0.463 e. The Morgan fingerprint density at radius 3 is 2.67 bits per heavy atom. The van der Waals surface area contributed by atoms with E-state index in [4.69, 9.17) is 40.7 Å². The number of likely N-dealkylation sites (tertiary alicyclic amines) is 1. The van der Waals surface area contributed by atoms with E-state index in [2.05, 4.69) is 15.7 Å². The van der Waals surface area contributed by atoms with Crippen LogP contribution in [0.25, 0.3) is 32.9 Å². The van der Waals surface area contributed by atoms with Gasteiger partial charge in [-0.3, -0.25) is 4.90 Å². The number of hydrogen-bond donors (Lipinski definition) is 1. The van der Waals surface area contributed by atoms with Gasteiger partial charge in [0.25, 0.3) is 0 Å². The van der Waals surface area contributed by atoms with Crippen molar-refractivity contribution in [3.8, 4) is 29.6 Å². The first kappa shape index (κ1) is 37.4. The molecule has 3 saturated heterocycles. The highest BCUT2D eigenvalue weighted by Crippen LogP contribution is 2.46. The Labute approximate surface area is 326 Å². The first-order chi connectivity index (χ1) is 27.3. The van der Waals surface area contributed by atoms with E-state index in [1.54, 1.807) is 26.0 Å². The fourth-order valence-corrected chi connectivity index (χ4v) is 10.1. The summed E-state index contributed by atoms with van der Waals surface area (Å²) in [6.07, 6.45) is 7.22. The maximum atomic E-state index is 17.5. The summed E-state index contributed by atoms with van der Waals surface area (Å²) in [5, 5.41) is 1.25. The van der Waals surface area contributed by atoms with Crippen molar-refractivity contribution in [1.29, 1.82) is 0 Å². The van der Waals surface area contributed by atoms with E-state index >= 15 is 8.78 Å². The third-order valence-corrected chi connectivity index (χ3v) is 12.8. The third-order valence-electron chi connectivity index (χ3n) is 12.8. The number of hydrogen-bond acceptors (Lipinski definition) is 11. The molecule has 2 aromatic carbocycles. The van der Waals surface area contributed by atoms with E-state index < -0.39 is 35.2 Å². The highest BCUT2D eigenvalue weighted by Gasteiger charge is 2.49. The van der Waals surface area contributed by atoms with Gasteiger partial charge in [-0.25, -0.2) is 27.3 Å². The fourth-order valence-electron chi connectivity index (χ4n) is 10.1. The van der Waals surface area contributed by atoms with Gasteiger partial charge >= 0.3 is 11.8 Å². The van der Waals surface area contributed by atoms with Crippen molar-refractivity contribution in [2.75, 3.05) is 43.9 Å². The quantitative estimate of drug-likeness (QED) is 0.108. The van der Waals surface area contributed by atoms with Crippen LogP contribution in [0.1, 0.15) is 61.8 Å². The second-order valence-electron chi connectivity index (χ2n) is 16.4. The first-order valence-electron chi connectivity index (χ1n) is 19.4. The number of nitrogens with two attached hydrogens (primary N) is 1. The molecule has 0 saturated carbocycles. The van der Waals surface area contributed by atoms with E-state index in [0.717, 1.165) is 19.3 Å². The monoisotopic (exact) mass is 785 g/mol. The summed E-state index contributed by atoms with van der Waals surface area (Å²) in [6.45, 7) is 5.22. The predicted molar refractivity (Wildman–Crippen MR) is 206 cm³/mol.